The molecule has 0 aromatic heterocycles. The first-order chi connectivity index (χ1) is 6.24. The highest BCUT2D eigenvalue weighted by molar-refractivity contribution is 7.85. The first kappa shape index (κ1) is 9.87. The first-order valence-corrected chi connectivity index (χ1v) is 5.07. The molecule has 1 aromatic rings. The van der Waals surface area contributed by atoms with Crippen molar-refractivity contribution in [1.82, 2.24) is 0 Å². The molecule has 0 N–H and O–H groups in total. The third kappa shape index (κ3) is 2.96. The van der Waals surface area contributed by atoms with E-state index in [1.165, 1.54) is 24.3 Å². The van der Waals surface area contributed by atoms with Gasteiger partial charge in [0.25, 0.3) is 0 Å². The van der Waals surface area contributed by atoms with Crippen LogP contribution in [-0.2, 0) is 10.8 Å². The Balaban J connectivity index is 2.68. The van der Waals surface area contributed by atoms with Gasteiger partial charge in [-0.3, -0.25) is 4.21 Å². The summed E-state index contributed by atoms with van der Waals surface area (Å²) in [4.78, 5) is 0.566. The van der Waals surface area contributed by atoms with Gasteiger partial charge in [-0.15, -0.1) is 0 Å². The molecule has 68 valence electrons. The van der Waals surface area contributed by atoms with Gasteiger partial charge in [0.2, 0.25) is 0 Å². The highest BCUT2D eigenvalue weighted by atomic mass is 32.2. The zero-order valence-corrected chi connectivity index (χ0v) is 7.68. The number of halogens is 1. The Morgan fingerprint density at radius 3 is 2.54 bits per heavy atom. The third-order valence-electron chi connectivity index (χ3n) is 1.48. The van der Waals surface area contributed by atoms with Crippen LogP contribution in [0.4, 0.5) is 4.39 Å². The lowest BCUT2D eigenvalue weighted by molar-refractivity contribution is 0.626. The van der Waals surface area contributed by atoms with E-state index in [1.807, 2.05) is 6.07 Å². The maximum absolute atomic E-state index is 12.5. The summed E-state index contributed by atoms with van der Waals surface area (Å²) in [5.41, 5.74) is 0. The second-order valence-corrected chi connectivity index (χ2v) is 3.98. The summed E-state index contributed by atoms with van der Waals surface area (Å²) in [6.07, 6.45) is 0.254. The average molecular weight is 197 g/mol. The molecule has 0 amide bonds. The van der Waals surface area contributed by atoms with Gasteiger partial charge in [0.15, 0.2) is 0 Å². The zero-order valence-electron chi connectivity index (χ0n) is 6.87. The molecule has 0 aliphatic rings. The van der Waals surface area contributed by atoms with E-state index in [0.29, 0.717) is 10.6 Å². The van der Waals surface area contributed by atoms with Gasteiger partial charge in [0.1, 0.15) is 5.82 Å². The highest BCUT2D eigenvalue weighted by Gasteiger charge is 2.02. The van der Waals surface area contributed by atoms with E-state index < -0.39 is 10.8 Å². The molecule has 13 heavy (non-hydrogen) atoms. The second-order valence-electron chi connectivity index (χ2n) is 2.41. The maximum Gasteiger partial charge on any atom is 0.123 e. The van der Waals surface area contributed by atoms with Crippen molar-refractivity contribution in [1.29, 1.82) is 5.26 Å². The second kappa shape index (κ2) is 4.73. The summed E-state index contributed by atoms with van der Waals surface area (Å²) in [6, 6.07) is 7.39. The van der Waals surface area contributed by atoms with Crippen molar-refractivity contribution in [2.75, 3.05) is 5.75 Å². The van der Waals surface area contributed by atoms with Gasteiger partial charge in [-0.05, 0) is 24.3 Å². The summed E-state index contributed by atoms with van der Waals surface area (Å²) in [7, 11) is -1.18. The molecular weight excluding hydrogens is 189 g/mol. The Hall–Kier alpha value is -1.21. The third-order valence-corrected chi connectivity index (χ3v) is 2.85. The molecule has 0 fully saturated rings. The average Bonchev–Trinajstić information content (AvgIpc) is 2.15. The molecule has 0 saturated carbocycles. The topological polar surface area (TPSA) is 40.9 Å². The van der Waals surface area contributed by atoms with E-state index >= 15 is 0 Å². The molecule has 0 radical (unpaired) electrons. The van der Waals surface area contributed by atoms with E-state index in [-0.39, 0.29) is 12.2 Å². The summed E-state index contributed by atoms with van der Waals surface area (Å²) in [6.45, 7) is 0. The van der Waals surface area contributed by atoms with Gasteiger partial charge in [-0.1, -0.05) is 0 Å². The zero-order chi connectivity index (χ0) is 9.68. The van der Waals surface area contributed by atoms with Gasteiger partial charge >= 0.3 is 0 Å². The number of benzene rings is 1. The standard InChI is InChI=1S/C9H8FNOS/c10-8-2-4-9(5-3-8)13(12)7-1-6-11/h2-5H,1,7H2. The van der Waals surface area contributed by atoms with Gasteiger partial charge in [-0.2, -0.15) is 5.26 Å². The van der Waals surface area contributed by atoms with Crippen LogP contribution in [0.2, 0.25) is 0 Å². The van der Waals surface area contributed by atoms with Crippen LogP contribution in [0.1, 0.15) is 6.42 Å². The van der Waals surface area contributed by atoms with E-state index in [2.05, 4.69) is 0 Å². The maximum atomic E-state index is 12.5. The highest BCUT2D eigenvalue weighted by Crippen LogP contribution is 2.08. The largest absolute Gasteiger partial charge is 0.254 e. The lowest BCUT2D eigenvalue weighted by Gasteiger charge is -1.98. The molecule has 0 bridgehead atoms. The van der Waals surface area contributed by atoms with Gasteiger partial charge in [-0.25, -0.2) is 4.39 Å². The first-order valence-electron chi connectivity index (χ1n) is 3.75. The number of nitrogens with zero attached hydrogens (tertiary/aromatic N) is 1. The van der Waals surface area contributed by atoms with E-state index in [1.54, 1.807) is 0 Å². The van der Waals surface area contributed by atoms with E-state index in [4.69, 9.17) is 5.26 Å². The van der Waals surface area contributed by atoms with Crippen LogP contribution < -0.4 is 0 Å². The summed E-state index contributed by atoms with van der Waals surface area (Å²) < 4.78 is 23.8. The molecule has 1 aromatic carbocycles. The van der Waals surface area contributed by atoms with Crippen LogP contribution in [0.5, 0.6) is 0 Å². The molecule has 1 unspecified atom stereocenters. The van der Waals surface area contributed by atoms with Crippen molar-refractivity contribution >= 4 is 10.8 Å². The van der Waals surface area contributed by atoms with Gasteiger partial charge in [0, 0.05) is 17.1 Å². The van der Waals surface area contributed by atoms with Crippen molar-refractivity contribution in [3.8, 4) is 6.07 Å². The van der Waals surface area contributed by atoms with E-state index in [9.17, 15) is 8.60 Å². The van der Waals surface area contributed by atoms with Crippen LogP contribution in [-0.4, -0.2) is 9.96 Å². The predicted molar refractivity (Wildman–Crippen MR) is 47.9 cm³/mol. The lowest BCUT2D eigenvalue weighted by atomic mass is 10.4. The SMILES string of the molecule is N#CCCS(=O)c1ccc(F)cc1. The number of rotatable bonds is 3. The quantitative estimate of drug-likeness (QED) is 0.742. The smallest absolute Gasteiger partial charge is 0.123 e. The minimum absolute atomic E-state index is 0.254. The molecule has 0 aliphatic carbocycles. The van der Waals surface area contributed by atoms with Crippen LogP contribution in [0.25, 0.3) is 0 Å². The predicted octanol–water partition coefficient (Wildman–Crippen LogP) is 1.85. The number of nitriles is 1. The van der Waals surface area contributed by atoms with Crippen LogP contribution in [0.3, 0.4) is 0 Å². The molecule has 0 aliphatic heterocycles. The van der Waals surface area contributed by atoms with Crippen molar-refractivity contribution in [2.24, 2.45) is 0 Å². The minimum Gasteiger partial charge on any atom is -0.254 e. The van der Waals surface area contributed by atoms with Crippen LogP contribution >= 0.6 is 0 Å². The number of hydrogen-bond acceptors (Lipinski definition) is 2. The van der Waals surface area contributed by atoms with E-state index in [0.717, 1.165) is 0 Å². The Morgan fingerprint density at radius 2 is 2.00 bits per heavy atom. The molecule has 1 atom stereocenters. The Bertz CT molecular complexity index is 342. The van der Waals surface area contributed by atoms with Crippen molar-refractivity contribution in [3.63, 3.8) is 0 Å². The van der Waals surface area contributed by atoms with Crippen LogP contribution in [0, 0.1) is 17.1 Å². The fraction of sp³-hybridized carbons (Fsp3) is 0.222. The summed E-state index contributed by atoms with van der Waals surface area (Å²) in [5, 5.41) is 8.26. The molecule has 1 rings (SSSR count). The monoisotopic (exact) mass is 197 g/mol. The Morgan fingerprint density at radius 1 is 1.38 bits per heavy atom. The van der Waals surface area contributed by atoms with Crippen molar-refractivity contribution < 1.29 is 8.60 Å². The van der Waals surface area contributed by atoms with Crippen molar-refractivity contribution in [2.45, 2.75) is 11.3 Å². The van der Waals surface area contributed by atoms with Crippen molar-refractivity contribution in [3.05, 3.63) is 30.1 Å². The summed E-state index contributed by atoms with van der Waals surface area (Å²) in [5.74, 6) is -0.0386. The molecule has 4 heteroatoms. The molecular formula is C9H8FNOS. The van der Waals surface area contributed by atoms with Gasteiger partial charge in [0.05, 0.1) is 16.9 Å². The molecule has 0 spiro atoms. The molecule has 0 saturated heterocycles. The molecule has 0 heterocycles. The fourth-order valence-corrected chi connectivity index (χ4v) is 1.79. The molecule has 2 nitrogen and oxygen atoms in total. The van der Waals surface area contributed by atoms with Crippen LogP contribution in [0.15, 0.2) is 29.2 Å². The van der Waals surface area contributed by atoms with Gasteiger partial charge < -0.3 is 0 Å². The fourth-order valence-electron chi connectivity index (χ4n) is 0.843. The minimum atomic E-state index is -1.18. The number of hydrogen-bond donors (Lipinski definition) is 0. The lowest BCUT2D eigenvalue weighted by Crippen LogP contribution is -1.96. The summed E-state index contributed by atoms with van der Waals surface area (Å²) >= 11 is 0. The normalized spacial score (nSPS) is 12.0. The Labute approximate surface area is 78.5 Å². The Kier molecular flexibility index (Phi) is 3.59.